The zero-order chi connectivity index (χ0) is 18.1. The van der Waals surface area contributed by atoms with Crippen LogP contribution in [0.3, 0.4) is 0 Å². The van der Waals surface area contributed by atoms with Crippen LogP contribution in [0, 0.1) is 6.92 Å². The van der Waals surface area contributed by atoms with E-state index in [1.807, 2.05) is 0 Å². The Labute approximate surface area is 149 Å². The number of rotatable bonds is 5. The third-order valence-corrected chi connectivity index (χ3v) is 5.02. The second kappa shape index (κ2) is 6.55. The lowest BCUT2D eigenvalue weighted by Gasteiger charge is -2.42. The first-order chi connectivity index (χ1) is 12.6. The van der Waals surface area contributed by atoms with Gasteiger partial charge in [-0.3, -0.25) is 0 Å². The number of aromatic nitrogens is 4. The molecule has 0 unspecified atom stereocenters. The molecule has 4 rings (SSSR count). The fraction of sp³-hybridized carbons (Fsp3) is 0.368. The van der Waals surface area contributed by atoms with E-state index >= 15 is 0 Å². The van der Waals surface area contributed by atoms with Crippen molar-refractivity contribution in [1.82, 2.24) is 20.2 Å². The van der Waals surface area contributed by atoms with Gasteiger partial charge in [0.1, 0.15) is 5.82 Å². The summed E-state index contributed by atoms with van der Waals surface area (Å²) in [5.41, 5.74) is 3.10. The lowest BCUT2D eigenvalue weighted by molar-refractivity contribution is 0.116. The van der Waals surface area contributed by atoms with Crippen LogP contribution in [0.5, 0.6) is 0 Å². The summed E-state index contributed by atoms with van der Waals surface area (Å²) >= 11 is 0. The van der Waals surface area contributed by atoms with Crippen LogP contribution in [0.15, 0.2) is 41.1 Å². The van der Waals surface area contributed by atoms with E-state index in [-0.39, 0.29) is 11.3 Å². The highest BCUT2D eigenvalue weighted by molar-refractivity contribution is 5.48. The van der Waals surface area contributed by atoms with Gasteiger partial charge in [-0.25, -0.2) is 9.97 Å². The summed E-state index contributed by atoms with van der Waals surface area (Å²) in [6.07, 6.45) is 4.49. The highest BCUT2D eigenvalue weighted by Gasteiger charge is 2.39. The fourth-order valence-corrected chi connectivity index (χ4v) is 3.44. The van der Waals surface area contributed by atoms with Crippen molar-refractivity contribution in [1.29, 1.82) is 0 Å². The molecule has 0 amide bonds. The van der Waals surface area contributed by atoms with E-state index in [0.717, 1.165) is 25.1 Å². The topological polar surface area (TPSA) is 64.7 Å². The number of hydrogen-bond acceptors (Lipinski definition) is 5. The lowest BCUT2D eigenvalue weighted by Crippen LogP contribution is -2.37. The average molecular weight is 356 g/mol. The molecule has 2 aromatic heterocycles. The standard InChI is InChI=1S/C19H18F2N4O/c1-12-4-2-5-14(8-12)19(6-3-7-19)9-15-22-10-13(11-23-15)17-24-25-18(26-17)16(20)21/h2,4-5,8,10-11,16H,3,6-7,9H2,1H3. The largest absolute Gasteiger partial charge is 0.415 e. The van der Waals surface area contributed by atoms with Crippen LogP contribution in [0.2, 0.25) is 0 Å². The second-order valence-electron chi connectivity index (χ2n) is 6.81. The van der Waals surface area contributed by atoms with Gasteiger partial charge in [-0.15, -0.1) is 10.2 Å². The molecule has 0 aliphatic heterocycles. The van der Waals surface area contributed by atoms with Gasteiger partial charge in [-0.2, -0.15) is 8.78 Å². The van der Waals surface area contributed by atoms with Gasteiger partial charge in [-0.1, -0.05) is 36.2 Å². The number of benzene rings is 1. The van der Waals surface area contributed by atoms with E-state index in [9.17, 15) is 8.78 Å². The maximum absolute atomic E-state index is 12.6. The van der Waals surface area contributed by atoms with Crippen molar-refractivity contribution >= 4 is 0 Å². The second-order valence-corrected chi connectivity index (χ2v) is 6.81. The van der Waals surface area contributed by atoms with Gasteiger partial charge in [0.05, 0.1) is 5.56 Å². The quantitative estimate of drug-likeness (QED) is 0.676. The summed E-state index contributed by atoms with van der Waals surface area (Å²) < 4.78 is 30.0. The lowest BCUT2D eigenvalue weighted by atomic mass is 9.62. The van der Waals surface area contributed by atoms with Crippen molar-refractivity contribution in [2.24, 2.45) is 0 Å². The minimum Gasteiger partial charge on any atom is -0.415 e. The number of nitrogens with zero attached hydrogens (tertiary/aromatic N) is 4. The number of alkyl halides is 2. The zero-order valence-electron chi connectivity index (χ0n) is 14.3. The summed E-state index contributed by atoms with van der Waals surface area (Å²) in [7, 11) is 0. The fourth-order valence-electron chi connectivity index (χ4n) is 3.44. The molecule has 3 aromatic rings. The van der Waals surface area contributed by atoms with Gasteiger partial charge in [0.2, 0.25) is 0 Å². The maximum atomic E-state index is 12.6. The minimum absolute atomic E-state index is 0.00360. The first-order valence-corrected chi connectivity index (χ1v) is 8.56. The molecular formula is C19H18F2N4O. The van der Waals surface area contributed by atoms with E-state index in [2.05, 4.69) is 51.4 Å². The molecular weight excluding hydrogens is 338 g/mol. The van der Waals surface area contributed by atoms with Gasteiger partial charge in [0.15, 0.2) is 0 Å². The van der Waals surface area contributed by atoms with Gasteiger partial charge in [0.25, 0.3) is 11.8 Å². The molecule has 1 aliphatic rings. The minimum atomic E-state index is -2.79. The number of aryl methyl sites for hydroxylation is 1. The molecule has 134 valence electrons. The Hall–Kier alpha value is -2.70. The first kappa shape index (κ1) is 16.8. The van der Waals surface area contributed by atoms with Crippen LogP contribution in [0.4, 0.5) is 8.78 Å². The molecule has 1 saturated carbocycles. The molecule has 0 radical (unpaired) electrons. The Morgan fingerprint density at radius 1 is 1.15 bits per heavy atom. The van der Waals surface area contributed by atoms with Crippen molar-refractivity contribution in [3.05, 3.63) is 59.5 Å². The van der Waals surface area contributed by atoms with Crippen molar-refractivity contribution < 1.29 is 13.2 Å². The van der Waals surface area contributed by atoms with E-state index < -0.39 is 12.3 Å². The van der Waals surface area contributed by atoms with Crippen LogP contribution >= 0.6 is 0 Å². The SMILES string of the molecule is Cc1cccc(C2(Cc3ncc(-c4nnc(C(F)F)o4)cn3)CCC2)c1. The highest BCUT2D eigenvalue weighted by atomic mass is 19.3. The Morgan fingerprint density at radius 3 is 2.50 bits per heavy atom. The van der Waals surface area contributed by atoms with E-state index in [1.165, 1.54) is 17.5 Å². The summed E-state index contributed by atoms with van der Waals surface area (Å²) in [4.78, 5) is 8.80. The Balaban J connectivity index is 1.55. The van der Waals surface area contributed by atoms with Crippen LogP contribution < -0.4 is 0 Å². The zero-order valence-corrected chi connectivity index (χ0v) is 14.3. The third-order valence-electron chi connectivity index (χ3n) is 5.02. The van der Waals surface area contributed by atoms with Gasteiger partial charge in [-0.05, 0) is 25.3 Å². The summed E-state index contributed by atoms with van der Waals surface area (Å²) in [6.45, 7) is 2.10. The first-order valence-electron chi connectivity index (χ1n) is 8.56. The summed E-state index contributed by atoms with van der Waals surface area (Å²) in [5.74, 6) is 0.0318. The van der Waals surface area contributed by atoms with Crippen molar-refractivity contribution in [3.8, 4) is 11.5 Å². The molecule has 1 aromatic carbocycles. The normalized spacial score (nSPS) is 15.8. The predicted molar refractivity (Wildman–Crippen MR) is 90.7 cm³/mol. The van der Waals surface area contributed by atoms with Crippen LogP contribution in [0.25, 0.3) is 11.5 Å². The molecule has 1 fully saturated rings. The molecule has 0 N–H and O–H groups in total. The Bertz CT molecular complexity index is 904. The van der Waals surface area contributed by atoms with Crippen LogP contribution in [-0.2, 0) is 11.8 Å². The molecule has 7 heteroatoms. The molecule has 0 bridgehead atoms. The Morgan fingerprint density at radius 2 is 1.92 bits per heavy atom. The molecule has 1 aliphatic carbocycles. The van der Waals surface area contributed by atoms with Crippen LogP contribution in [0.1, 0.15) is 48.5 Å². The average Bonchev–Trinajstić information content (AvgIpc) is 3.09. The van der Waals surface area contributed by atoms with E-state index in [0.29, 0.717) is 5.56 Å². The molecule has 0 spiro atoms. The van der Waals surface area contributed by atoms with Gasteiger partial charge in [0, 0.05) is 24.2 Å². The summed E-state index contributed by atoms with van der Waals surface area (Å²) in [6, 6.07) is 8.59. The van der Waals surface area contributed by atoms with Crippen molar-refractivity contribution in [2.75, 3.05) is 0 Å². The maximum Gasteiger partial charge on any atom is 0.314 e. The smallest absolute Gasteiger partial charge is 0.314 e. The third kappa shape index (κ3) is 3.09. The number of halogens is 2. The predicted octanol–water partition coefficient (Wildman–Crippen LogP) is 4.44. The van der Waals surface area contributed by atoms with E-state index in [4.69, 9.17) is 4.42 Å². The summed E-state index contributed by atoms with van der Waals surface area (Å²) in [5, 5.41) is 6.94. The van der Waals surface area contributed by atoms with E-state index in [1.54, 1.807) is 12.4 Å². The van der Waals surface area contributed by atoms with Crippen LogP contribution in [-0.4, -0.2) is 20.2 Å². The Kier molecular flexibility index (Phi) is 4.22. The molecule has 2 heterocycles. The van der Waals surface area contributed by atoms with Crippen molar-refractivity contribution in [3.63, 3.8) is 0 Å². The molecule has 26 heavy (non-hydrogen) atoms. The monoisotopic (exact) mass is 356 g/mol. The highest BCUT2D eigenvalue weighted by Crippen LogP contribution is 2.46. The van der Waals surface area contributed by atoms with Gasteiger partial charge >= 0.3 is 6.43 Å². The molecule has 5 nitrogen and oxygen atoms in total. The van der Waals surface area contributed by atoms with Crippen molar-refractivity contribution in [2.45, 2.75) is 44.4 Å². The molecule has 0 atom stereocenters. The van der Waals surface area contributed by atoms with Gasteiger partial charge < -0.3 is 4.42 Å². The number of hydrogen-bond donors (Lipinski definition) is 0. The molecule has 0 saturated heterocycles.